The van der Waals surface area contributed by atoms with Crippen molar-refractivity contribution in [2.45, 2.75) is 365 Å². The number of allylic oxidation sites excluding steroid dienone is 21. The minimum atomic E-state index is -1.63. The molecule has 11 nitrogen and oxygen atoms in total. The van der Waals surface area contributed by atoms with Gasteiger partial charge in [-0.15, -0.1) is 0 Å². The lowest BCUT2D eigenvalue weighted by atomic mass is 9.99. The van der Waals surface area contributed by atoms with Crippen LogP contribution in [0.4, 0.5) is 0 Å². The predicted molar refractivity (Wildman–Crippen MR) is 397 cm³/mol. The van der Waals surface area contributed by atoms with Gasteiger partial charge < -0.3 is 45.1 Å². The summed E-state index contributed by atoms with van der Waals surface area (Å²) in [5, 5.41) is 57.4. The molecule has 0 bridgehead atoms. The maximum atomic E-state index is 13.5. The summed E-state index contributed by atoms with van der Waals surface area (Å²) in [6.45, 7) is 5.66. The van der Waals surface area contributed by atoms with Crippen molar-refractivity contribution in [1.82, 2.24) is 5.32 Å². The monoisotopic (exact) mass is 1310 g/mol. The molecule has 0 radical (unpaired) electrons. The first kappa shape index (κ1) is 87.8. The summed E-state index contributed by atoms with van der Waals surface area (Å²) in [6.07, 6.45) is 87.7. The van der Waals surface area contributed by atoms with Crippen LogP contribution in [-0.4, -0.2) is 99.6 Å². The van der Waals surface area contributed by atoms with Crippen molar-refractivity contribution in [2.75, 3.05) is 13.2 Å². The van der Waals surface area contributed by atoms with Gasteiger partial charge in [-0.05, 0) is 122 Å². The molecule has 0 aromatic heterocycles. The molecule has 1 rings (SSSR count). The molecule has 1 amide bonds. The summed E-state index contributed by atoms with van der Waals surface area (Å²) < 4.78 is 17.7. The van der Waals surface area contributed by atoms with Gasteiger partial charge in [-0.2, -0.15) is 0 Å². The number of carbonyl (C=O) groups is 2. The number of aliphatic hydroxyl groups is 5. The number of hydrogen-bond donors (Lipinski definition) is 6. The molecule has 94 heavy (non-hydrogen) atoms. The molecule has 1 fully saturated rings. The minimum Gasteiger partial charge on any atom is -0.454 e. The van der Waals surface area contributed by atoms with E-state index in [1.54, 1.807) is 6.08 Å². The van der Waals surface area contributed by atoms with Crippen molar-refractivity contribution in [3.8, 4) is 0 Å². The Kier molecular flexibility index (Phi) is 64.2. The predicted octanol–water partition coefficient (Wildman–Crippen LogP) is 20.7. The summed E-state index contributed by atoms with van der Waals surface area (Å²) >= 11 is 0. The van der Waals surface area contributed by atoms with Crippen LogP contribution >= 0.6 is 0 Å². The molecule has 0 saturated carbocycles. The van der Waals surface area contributed by atoms with E-state index < -0.39 is 67.4 Å². The molecule has 8 unspecified atom stereocenters. The van der Waals surface area contributed by atoms with Crippen molar-refractivity contribution in [2.24, 2.45) is 0 Å². The topological polar surface area (TPSA) is 175 Å². The molecule has 0 aromatic rings. The van der Waals surface area contributed by atoms with Crippen LogP contribution < -0.4 is 5.32 Å². The van der Waals surface area contributed by atoms with Crippen LogP contribution in [0.3, 0.4) is 0 Å². The average molecular weight is 1310 g/mol. The Balaban J connectivity index is 2.54. The number of ether oxygens (including phenoxy) is 3. The van der Waals surface area contributed by atoms with Gasteiger partial charge in [-0.1, -0.05) is 321 Å². The zero-order valence-electron chi connectivity index (χ0n) is 60.0. The van der Waals surface area contributed by atoms with Gasteiger partial charge in [0, 0.05) is 6.42 Å². The highest BCUT2D eigenvalue weighted by molar-refractivity contribution is 5.80. The van der Waals surface area contributed by atoms with Crippen molar-refractivity contribution >= 4 is 11.9 Å². The fourth-order valence-electron chi connectivity index (χ4n) is 11.3. The molecule has 1 aliphatic heterocycles. The highest BCUT2D eigenvalue weighted by Gasteiger charge is 2.47. The number of aliphatic hydroxyl groups excluding tert-OH is 5. The molecule has 8 atom stereocenters. The van der Waals surface area contributed by atoms with Crippen LogP contribution in [0, 0.1) is 0 Å². The first-order valence-electron chi connectivity index (χ1n) is 38.5. The van der Waals surface area contributed by atoms with Gasteiger partial charge in [0.2, 0.25) is 5.91 Å². The number of nitrogens with one attached hydrogen (secondary N) is 1. The Labute approximate surface area is 575 Å². The molecule has 0 spiro atoms. The van der Waals surface area contributed by atoms with E-state index >= 15 is 0 Å². The number of rotatable bonds is 65. The van der Waals surface area contributed by atoms with Crippen LogP contribution in [0.2, 0.25) is 0 Å². The Morgan fingerprint density at radius 2 is 0.766 bits per heavy atom. The zero-order valence-corrected chi connectivity index (χ0v) is 60.0. The Bertz CT molecular complexity index is 2050. The molecular weight excluding hydrogens is 1170 g/mol. The van der Waals surface area contributed by atoms with Crippen LogP contribution in [0.5, 0.6) is 0 Å². The van der Waals surface area contributed by atoms with Crippen molar-refractivity contribution < 1.29 is 49.3 Å². The van der Waals surface area contributed by atoms with Crippen LogP contribution in [0.15, 0.2) is 134 Å². The summed E-state index contributed by atoms with van der Waals surface area (Å²) in [6, 6.07) is -1.04. The number of esters is 1. The molecular formula is C83H141NO10. The van der Waals surface area contributed by atoms with E-state index in [2.05, 4.69) is 148 Å². The first-order chi connectivity index (χ1) is 46.2. The number of carbonyl (C=O) groups excluding carboxylic acids is 2. The number of hydrogen-bond acceptors (Lipinski definition) is 10. The quantitative estimate of drug-likeness (QED) is 0.0195. The molecule has 0 aromatic carbocycles. The molecule has 1 aliphatic rings. The Hall–Kier alpha value is -4.20. The SMILES string of the molecule is CC/C=C\C/C=C\C/C=C\C/C=C\C/C=C\C/C=C\CCCCCCCCCC(O)C(=O)NC(COC1OC(CO)C(O)C(O)C1OC(=O)CCCCCCCCCCCCC/C=C\C/C=C\C/C=C\C/C=C\CCCCC)C(O)/C=C/CCCCCCCCCCCC. The third-order valence-corrected chi connectivity index (χ3v) is 17.3. The molecule has 538 valence electrons. The summed E-state index contributed by atoms with van der Waals surface area (Å²) in [5.41, 5.74) is 0. The maximum absolute atomic E-state index is 13.5. The lowest BCUT2D eigenvalue weighted by molar-refractivity contribution is -0.305. The fourth-order valence-corrected chi connectivity index (χ4v) is 11.3. The van der Waals surface area contributed by atoms with Gasteiger partial charge in [0.1, 0.15) is 24.4 Å². The molecule has 11 heteroatoms. The van der Waals surface area contributed by atoms with E-state index in [0.717, 1.165) is 141 Å². The van der Waals surface area contributed by atoms with Crippen LogP contribution in [0.1, 0.15) is 316 Å². The first-order valence-corrected chi connectivity index (χ1v) is 38.5. The standard InChI is InChI=1S/C83H141NO10/c1-4-7-10-13-16-19-22-25-27-29-31-33-35-37-39-41-43-45-47-49-51-53-56-59-62-65-68-71-78(88)94-81-80(90)79(89)77(72-85)93-83(81)92-73-74(75(86)69-66-63-60-57-54-24-21-18-15-12-9-6-3)84-82(91)76(87)70-67-64-61-58-55-52-50-48-46-44-42-40-38-36-34-32-30-28-26-23-20-17-14-11-8-5-2/h8,11,16-17,19-20,25-28,31-34,37-40,44,46,66,69,74-77,79-81,83,85-87,89-90H,4-7,9-10,12-15,18,21-24,29-30,35-36,41-43,45,47-65,67-68,70-73H2,1-3H3,(H,84,91)/b11-8-,19-16-,20-17-,27-25-,28-26-,33-31-,34-32-,39-37-,40-38-,46-44-,69-66+. The highest BCUT2D eigenvalue weighted by Crippen LogP contribution is 2.26. The second-order valence-electron chi connectivity index (χ2n) is 26.0. The van der Waals surface area contributed by atoms with Gasteiger partial charge in [-0.3, -0.25) is 9.59 Å². The lowest BCUT2D eigenvalue weighted by Crippen LogP contribution is -2.61. The van der Waals surface area contributed by atoms with Crippen molar-refractivity contribution in [3.05, 3.63) is 134 Å². The third-order valence-electron chi connectivity index (χ3n) is 17.3. The van der Waals surface area contributed by atoms with E-state index in [0.29, 0.717) is 12.8 Å². The average Bonchev–Trinajstić information content (AvgIpc) is 0.828. The molecule has 1 saturated heterocycles. The second kappa shape index (κ2) is 68.7. The normalized spacial score (nSPS) is 18.6. The van der Waals surface area contributed by atoms with Gasteiger partial charge in [0.05, 0.1) is 25.4 Å². The summed E-state index contributed by atoms with van der Waals surface area (Å²) in [5.74, 6) is -1.21. The Morgan fingerprint density at radius 1 is 0.426 bits per heavy atom. The van der Waals surface area contributed by atoms with Crippen molar-refractivity contribution in [3.63, 3.8) is 0 Å². The molecule has 6 N–H and O–H groups in total. The van der Waals surface area contributed by atoms with Gasteiger partial charge >= 0.3 is 5.97 Å². The molecule has 0 aliphatic carbocycles. The van der Waals surface area contributed by atoms with Gasteiger partial charge in [-0.25, -0.2) is 0 Å². The second-order valence-corrected chi connectivity index (χ2v) is 26.0. The van der Waals surface area contributed by atoms with Crippen LogP contribution in [0.25, 0.3) is 0 Å². The fraction of sp³-hybridized carbons (Fsp3) is 0.711. The van der Waals surface area contributed by atoms with Crippen molar-refractivity contribution in [1.29, 1.82) is 0 Å². The smallest absolute Gasteiger partial charge is 0.306 e. The Morgan fingerprint density at radius 3 is 1.17 bits per heavy atom. The largest absolute Gasteiger partial charge is 0.454 e. The highest BCUT2D eigenvalue weighted by atomic mass is 16.7. The van der Waals surface area contributed by atoms with E-state index in [-0.39, 0.29) is 19.4 Å². The van der Waals surface area contributed by atoms with E-state index in [1.165, 1.54) is 128 Å². The molecule has 1 heterocycles. The number of amides is 1. The number of unbranched alkanes of at least 4 members (excludes halogenated alkanes) is 31. The van der Waals surface area contributed by atoms with Crippen LogP contribution in [-0.2, 0) is 23.8 Å². The van der Waals surface area contributed by atoms with Gasteiger partial charge in [0.25, 0.3) is 0 Å². The minimum absolute atomic E-state index is 0.112. The van der Waals surface area contributed by atoms with E-state index in [1.807, 2.05) is 6.08 Å². The van der Waals surface area contributed by atoms with Gasteiger partial charge in [0.15, 0.2) is 12.4 Å². The van der Waals surface area contributed by atoms with E-state index in [4.69, 9.17) is 14.2 Å². The lowest BCUT2D eigenvalue weighted by Gasteiger charge is -2.41. The summed E-state index contributed by atoms with van der Waals surface area (Å²) in [7, 11) is 0. The summed E-state index contributed by atoms with van der Waals surface area (Å²) in [4.78, 5) is 26.8. The third kappa shape index (κ3) is 54.9. The zero-order chi connectivity index (χ0) is 68.1. The van der Waals surface area contributed by atoms with E-state index in [9.17, 15) is 35.1 Å². The maximum Gasteiger partial charge on any atom is 0.306 e.